The first kappa shape index (κ1) is 14.2. The predicted octanol–water partition coefficient (Wildman–Crippen LogP) is 6.14. The molecule has 2 aromatic rings. The van der Waals surface area contributed by atoms with E-state index in [1.807, 2.05) is 6.07 Å². The number of hydrogen-bond acceptors (Lipinski definition) is 0. The van der Waals surface area contributed by atoms with E-state index in [9.17, 15) is 4.39 Å². The van der Waals surface area contributed by atoms with E-state index < -0.39 is 0 Å². The summed E-state index contributed by atoms with van der Waals surface area (Å²) in [5, 5.41) is 0. The molecule has 0 aliphatic heterocycles. The lowest BCUT2D eigenvalue weighted by Crippen LogP contribution is -1.96. The van der Waals surface area contributed by atoms with Gasteiger partial charge in [-0.05, 0) is 63.8 Å². The van der Waals surface area contributed by atoms with Gasteiger partial charge < -0.3 is 0 Å². The van der Waals surface area contributed by atoms with Crippen LogP contribution in [0.2, 0.25) is 0 Å². The normalized spacial score (nSPS) is 12.5. The molecule has 0 saturated carbocycles. The molecule has 2 rings (SSSR count). The first-order valence-electron chi connectivity index (χ1n) is 5.34. The van der Waals surface area contributed by atoms with E-state index >= 15 is 0 Å². The van der Waals surface area contributed by atoms with Crippen molar-refractivity contribution >= 4 is 47.8 Å². The summed E-state index contributed by atoms with van der Waals surface area (Å²) in [5.74, 6) is -0.246. The highest BCUT2D eigenvalue weighted by Crippen LogP contribution is 2.35. The molecule has 0 aromatic heterocycles. The average molecular weight is 437 g/mol. The Morgan fingerprint density at radius 3 is 2.44 bits per heavy atom. The van der Waals surface area contributed by atoms with Crippen molar-refractivity contribution in [3.63, 3.8) is 0 Å². The first-order valence-corrected chi connectivity index (χ1v) is 7.84. The second-order valence-corrected chi connectivity index (χ2v) is 6.72. The standard InChI is InChI=1S/C14H10Br3F/c1-8-2-4-10(15)7-11(8)14(17)9-3-5-13(18)12(16)6-9/h2-7,14H,1H3. The summed E-state index contributed by atoms with van der Waals surface area (Å²) < 4.78 is 14.8. The van der Waals surface area contributed by atoms with Gasteiger partial charge in [-0.1, -0.05) is 44.0 Å². The zero-order chi connectivity index (χ0) is 13.3. The Hall–Kier alpha value is -0.190. The Morgan fingerprint density at radius 2 is 1.78 bits per heavy atom. The van der Waals surface area contributed by atoms with Crippen molar-refractivity contribution in [1.29, 1.82) is 0 Å². The maximum absolute atomic E-state index is 13.2. The average Bonchev–Trinajstić information content (AvgIpc) is 2.35. The van der Waals surface area contributed by atoms with Crippen molar-refractivity contribution in [2.75, 3.05) is 0 Å². The monoisotopic (exact) mass is 434 g/mol. The lowest BCUT2D eigenvalue weighted by Gasteiger charge is -2.14. The fourth-order valence-electron chi connectivity index (χ4n) is 1.73. The molecule has 0 heterocycles. The van der Waals surface area contributed by atoms with Crippen molar-refractivity contribution in [2.45, 2.75) is 11.8 Å². The van der Waals surface area contributed by atoms with Gasteiger partial charge in [-0.2, -0.15) is 0 Å². The lowest BCUT2D eigenvalue weighted by molar-refractivity contribution is 0.620. The molecule has 0 radical (unpaired) electrons. The summed E-state index contributed by atoms with van der Waals surface area (Å²) in [6.45, 7) is 2.06. The molecule has 94 valence electrons. The first-order chi connectivity index (χ1) is 8.49. The van der Waals surface area contributed by atoms with Crippen LogP contribution in [0.5, 0.6) is 0 Å². The van der Waals surface area contributed by atoms with Gasteiger partial charge in [0.1, 0.15) is 5.82 Å². The molecule has 0 spiro atoms. The van der Waals surface area contributed by atoms with E-state index in [0.29, 0.717) is 4.47 Å². The highest BCUT2D eigenvalue weighted by Gasteiger charge is 2.14. The summed E-state index contributed by atoms with van der Waals surface area (Å²) in [5.41, 5.74) is 3.38. The number of benzene rings is 2. The van der Waals surface area contributed by atoms with Gasteiger partial charge in [-0.3, -0.25) is 0 Å². The van der Waals surface area contributed by atoms with Crippen molar-refractivity contribution in [3.8, 4) is 0 Å². The molecule has 0 N–H and O–H groups in total. The minimum absolute atomic E-state index is 0.0481. The van der Waals surface area contributed by atoms with Gasteiger partial charge in [0.05, 0.1) is 9.30 Å². The largest absolute Gasteiger partial charge is 0.206 e. The molecule has 18 heavy (non-hydrogen) atoms. The fourth-order valence-corrected chi connectivity index (χ4v) is 3.29. The molecule has 1 unspecified atom stereocenters. The van der Waals surface area contributed by atoms with Gasteiger partial charge in [-0.15, -0.1) is 0 Å². The maximum Gasteiger partial charge on any atom is 0.137 e. The third-order valence-corrected chi connectivity index (χ3v) is 4.87. The molecule has 0 amide bonds. The highest BCUT2D eigenvalue weighted by molar-refractivity contribution is 9.11. The molecule has 0 fully saturated rings. The molecule has 4 heteroatoms. The van der Waals surface area contributed by atoms with Crippen LogP contribution in [0.15, 0.2) is 45.3 Å². The summed E-state index contributed by atoms with van der Waals surface area (Å²) >= 11 is 10.4. The molecular formula is C14H10Br3F. The van der Waals surface area contributed by atoms with Crippen LogP contribution in [0, 0.1) is 12.7 Å². The third-order valence-electron chi connectivity index (χ3n) is 2.75. The van der Waals surface area contributed by atoms with E-state index in [4.69, 9.17) is 0 Å². The number of halogens is 4. The zero-order valence-electron chi connectivity index (χ0n) is 9.55. The summed E-state index contributed by atoms with van der Waals surface area (Å²) in [4.78, 5) is 0.0481. The fraction of sp³-hybridized carbons (Fsp3) is 0.143. The van der Waals surface area contributed by atoms with Crippen LogP contribution in [-0.2, 0) is 0 Å². The van der Waals surface area contributed by atoms with Crippen molar-refractivity contribution < 1.29 is 4.39 Å². The Kier molecular flexibility index (Phi) is 4.62. The van der Waals surface area contributed by atoms with Gasteiger partial charge in [0, 0.05) is 4.47 Å². The van der Waals surface area contributed by atoms with E-state index in [-0.39, 0.29) is 10.6 Å². The Bertz CT molecular complexity index is 581. The van der Waals surface area contributed by atoms with E-state index in [1.54, 1.807) is 12.1 Å². The van der Waals surface area contributed by atoms with E-state index in [0.717, 1.165) is 10.0 Å². The van der Waals surface area contributed by atoms with Crippen LogP contribution in [0.25, 0.3) is 0 Å². The SMILES string of the molecule is Cc1ccc(Br)cc1C(Br)c1ccc(F)c(Br)c1. The van der Waals surface area contributed by atoms with Gasteiger partial charge in [0.15, 0.2) is 0 Å². The second kappa shape index (κ2) is 5.85. The van der Waals surface area contributed by atoms with Crippen LogP contribution in [0.1, 0.15) is 21.5 Å². The minimum atomic E-state index is -0.246. The smallest absolute Gasteiger partial charge is 0.137 e. The Balaban J connectivity index is 2.44. The Labute approximate surface area is 131 Å². The van der Waals surface area contributed by atoms with Gasteiger partial charge in [-0.25, -0.2) is 4.39 Å². The van der Waals surface area contributed by atoms with Crippen LogP contribution in [0.4, 0.5) is 4.39 Å². The molecule has 0 saturated heterocycles. The van der Waals surface area contributed by atoms with Gasteiger partial charge >= 0.3 is 0 Å². The van der Waals surface area contributed by atoms with E-state index in [1.165, 1.54) is 17.2 Å². The highest BCUT2D eigenvalue weighted by atomic mass is 79.9. The molecule has 2 aromatic carbocycles. The number of hydrogen-bond donors (Lipinski definition) is 0. The summed E-state index contributed by atoms with van der Waals surface area (Å²) in [7, 11) is 0. The van der Waals surface area contributed by atoms with Crippen LogP contribution in [0.3, 0.4) is 0 Å². The van der Waals surface area contributed by atoms with Gasteiger partial charge in [0.2, 0.25) is 0 Å². The van der Waals surface area contributed by atoms with E-state index in [2.05, 4.69) is 66.8 Å². The van der Waals surface area contributed by atoms with Crippen LogP contribution >= 0.6 is 47.8 Å². The summed E-state index contributed by atoms with van der Waals surface area (Å²) in [6, 6.07) is 11.2. The zero-order valence-corrected chi connectivity index (χ0v) is 14.3. The summed E-state index contributed by atoms with van der Waals surface area (Å²) in [6.07, 6.45) is 0. The molecule has 0 aliphatic rings. The lowest BCUT2D eigenvalue weighted by atomic mass is 10.0. The topological polar surface area (TPSA) is 0 Å². The number of alkyl halides is 1. The quantitative estimate of drug-likeness (QED) is 0.496. The third kappa shape index (κ3) is 3.03. The second-order valence-electron chi connectivity index (χ2n) is 4.04. The maximum atomic E-state index is 13.2. The molecule has 0 nitrogen and oxygen atoms in total. The molecule has 0 bridgehead atoms. The minimum Gasteiger partial charge on any atom is -0.206 e. The number of rotatable bonds is 2. The van der Waals surface area contributed by atoms with Crippen LogP contribution < -0.4 is 0 Å². The Morgan fingerprint density at radius 1 is 1.06 bits per heavy atom. The molecular weight excluding hydrogens is 427 g/mol. The predicted molar refractivity (Wildman–Crippen MR) is 83.7 cm³/mol. The molecule has 1 atom stereocenters. The van der Waals surface area contributed by atoms with Crippen molar-refractivity contribution in [3.05, 3.63) is 67.9 Å². The number of aryl methyl sites for hydroxylation is 1. The van der Waals surface area contributed by atoms with Crippen LogP contribution in [-0.4, -0.2) is 0 Å². The molecule has 0 aliphatic carbocycles. The van der Waals surface area contributed by atoms with Crippen molar-refractivity contribution in [1.82, 2.24) is 0 Å². The van der Waals surface area contributed by atoms with Crippen molar-refractivity contribution in [2.24, 2.45) is 0 Å². The van der Waals surface area contributed by atoms with Gasteiger partial charge in [0.25, 0.3) is 0 Å².